The molecule has 1 atom stereocenters. The smallest absolute Gasteiger partial charge is 0.204 e. The Morgan fingerprint density at radius 1 is 1.24 bits per heavy atom. The average molecular weight is 365 g/mol. The van der Waals surface area contributed by atoms with Gasteiger partial charge < -0.3 is 9.72 Å². The van der Waals surface area contributed by atoms with Gasteiger partial charge in [-0.3, -0.25) is 0 Å². The van der Waals surface area contributed by atoms with Gasteiger partial charge in [0.2, 0.25) is 5.82 Å². The van der Waals surface area contributed by atoms with Gasteiger partial charge in [-0.15, -0.1) is 0 Å². The van der Waals surface area contributed by atoms with Crippen LogP contribution in [-0.4, -0.2) is 15.4 Å². The molecular formula is C16H10F3N3O2S. The molecule has 0 amide bonds. The number of benzene rings is 2. The fourth-order valence-corrected chi connectivity index (χ4v) is 3.50. The molecule has 0 spiro atoms. The summed E-state index contributed by atoms with van der Waals surface area (Å²) >= 11 is 0. The zero-order valence-corrected chi connectivity index (χ0v) is 13.5. The molecule has 0 aliphatic heterocycles. The number of nitriles is 1. The Labute approximate surface area is 140 Å². The van der Waals surface area contributed by atoms with Crippen LogP contribution in [0.2, 0.25) is 0 Å². The van der Waals surface area contributed by atoms with Crippen molar-refractivity contribution in [1.82, 2.24) is 4.98 Å². The number of H-pyrrole nitrogens is 1. The summed E-state index contributed by atoms with van der Waals surface area (Å²) in [6.45, 7) is 0. The summed E-state index contributed by atoms with van der Waals surface area (Å²) < 4.78 is 67.5. The minimum atomic E-state index is -3.50. The molecule has 3 rings (SSSR count). The van der Waals surface area contributed by atoms with E-state index in [1.54, 1.807) is 6.07 Å². The SMILES string of the molecule is CS(=N)(=O)c1c(Oc2ccc(F)c(C#N)c2)c(F)c(F)c2[nH]ccc12. The quantitative estimate of drug-likeness (QED) is 0.726. The van der Waals surface area contributed by atoms with Crippen LogP contribution >= 0.6 is 0 Å². The summed E-state index contributed by atoms with van der Waals surface area (Å²) in [7, 11) is -3.50. The molecule has 9 heteroatoms. The molecule has 0 radical (unpaired) electrons. The second kappa shape index (κ2) is 5.82. The van der Waals surface area contributed by atoms with Crippen LogP contribution < -0.4 is 4.74 Å². The van der Waals surface area contributed by atoms with Gasteiger partial charge in [0.05, 0.1) is 20.8 Å². The van der Waals surface area contributed by atoms with Crippen LogP contribution in [0.25, 0.3) is 10.9 Å². The van der Waals surface area contributed by atoms with Crippen molar-refractivity contribution in [3.05, 3.63) is 53.5 Å². The van der Waals surface area contributed by atoms with Gasteiger partial charge in [0.15, 0.2) is 11.6 Å². The van der Waals surface area contributed by atoms with Crippen molar-refractivity contribution in [2.75, 3.05) is 6.26 Å². The van der Waals surface area contributed by atoms with E-state index < -0.39 is 32.9 Å². The number of ether oxygens (including phenoxy) is 1. The maximum Gasteiger partial charge on any atom is 0.204 e. The van der Waals surface area contributed by atoms with Gasteiger partial charge in [-0.1, -0.05) is 0 Å². The molecule has 2 aromatic carbocycles. The largest absolute Gasteiger partial charge is 0.453 e. The van der Waals surface area contributed by atoms with Crippen LogP contribution in [0.1, 0.15) is 5.56 Å². The van der Waals surface area contributed by atoms with E-state index in [1.165, 1.54) is 12.3 Å². The van der Waals surface area contributed by atoms with Crippen molar-refractivity contribution in [3.8, 4) is 17.6 Å². The predicted octanol–water partition coefficient (Wildman–Crippen LogP) is 4.28. The number of rotatable bonds is 3. The van der Waals surface area contributed by atoms with E-state index in [-0.39, 0.29) is 27.1 Å². The van der Waals surface area contributed by atoms with Crippen molar-refractivity contribution in [2.45, 2.75) is 4.90 Å². The lowest BCUT2D eigenvalue weighted by atomic mass is 10.2. The Morgan fingerprint density at radius 2 is 1.96 bits per heavy atom. The van der Waals surface area contributed by atoms with E-state index >= 15 is 0 Å². The third-order valence-electron chi connectivity index (χ3n) is 3.48. The molecule has 128 valence electrons. The molecule has 0 aliphatic carbocycles. The molecule has 5 nitrogen and oxygen atoms in total. The van der Waals surface area contributed by atoms with E-state index in [9.17, 15) is 17.4 Å². The topological polar surface area (TPSA) is 89.7 Å². The number of halogens is 3. The minimum absolute atomic E-state index is 0.0408. The third kappa shape index (κ3) is 2.81. The molecule has 1 heterocycles. The number of aromatic nitrogens is 1. The van der Waals surface area contributed by atoms with E-state index in [0.717, 1.165) is 24.5 Å². The first kappa shape index (κ1) is 16.9. The third-order valence-corrected chi connectivity index (χ3v) is 4.66. The average Bonchev–Trinajstić information content (AvgIpc) is 3.02. The van der Waals surface area contributed by atoms with Crippen LogP contribution in [0, 0.1) is 33.6 Å². The van der Waals surface area contributed by atoms with Crippen molar-refractivity contribution in [2.24, 2.45) is 0 Å². The van der Waals surface area contributed by atoms with Gasteiger partial charge in [0, 0.05) is 23.9 Å². The molecule has 3 aromatic rings. The second-order valence-electron chi connectivity index (χ2n) is 5.25. The molecular weight excluding hydrogens is 355 g/mol. The fourth-order valence-electron chi connectivity index (χ4n) is 2.42. The molecule has 0 saturated carbocycles. The summed E-state index contributed by atoms with van der Waals surface area (Å²) in [6.07, 6.45) is 2.36. The first-order valence-corrected chi connectivity index (χ1v) is 8.80. The molecule has 1 aromatic heterocycles. The zero-order chi connectivity index (χ0) is 18.4. The van der Waals surface area contributed by atoms with Crippen LogP contribution in [0.3, 0.4) is 0 Å². The lowest BCUT2D eigenvalue weighted by molar-refractivity contribution is 0.408. The number of aromatic amines is 1. The Kier molecular flexibility index (Phi) is 3.93. The molecule has 0 saturated heterocycles. The Morgan fingerprint density at radius 3 is 2.60 bits per heavy atom. The standard InChI is InChI=1S/C16H10F3N3O2S/c1-25(21,23)16-10-4-5-22-14(10)12(18)13(19)15(16)24-9-2-3-11(17)8(6-9)7-20/h2-6,21-22H,1H3. The predicted molar refractivity (Wildman–Crippen MR) is 84.5 cm³/mol. The molecule has 1 unspecified atom stereocenters. The van der Waals surface area contributed by atoms with E-state index in [4.69, 9.17) is 14.8 Å². The summed E-state index contributed by atoms with van der Waals surface area (Å²) in [5.41, 5.74) is -0.593. The number of hydrogen-bond acceptors (Lipinski definition) is 4. The summed E-state index contributed by atoms with van der Waals surface area (Å²) in [6, 6.07) is 5.99. The van der Waals surface area contributed by atoms with Crippen LogP contribution in [-0.2, 0) is 9.73 Å². The highest BCUT2D eigenvalue weighted by molar-refractivity contribution is 7.92. The zero-order valence-electron chi connectivity index (χ0n) is 12.7. The van der Waals surface area contributed by atoms with Crippen molar-refractivity contribution in [1.29, 1.82) is 10.0 Å². The van der Waals surface area contributed by atoms with Gasteiger partial charge >= 0.3 is 0 Å². The highest BCUT2D eigenvalue weighted by Gasteiger charge is 2.27. The van der Waals surface area contributed by atoms with Crippen molar-refractivity contribution >= 4 is 20.6 Å². The van der Waals surface area contributed by atoms with Crippen LogP contribution in [0.5, 0.6) is 11.5 Å². The van der Waals surface area contributed by atoms with Crippen molar-refractivity contribution < 1.29 is 22.1 Å². The van der Waals surface area contributed by atoms with Gasteiger partial charge in [-0.25, -0.2) is 17.8 Å². The molecule has 0 bridgehead atoms. The normalized spacial score (nSPS) is 13.4. The second-order valence-corrected chi connectivity index (χ2v) is 7.35. The molecule has 0 fully saturated rings. The Balaban J connectivity index is 2.29. The minimum Gasteiger partial charge on any atom is -0.453 e. The van der Waals surface area contributed by atoms with Crippen molar-refractivity contribution in [3.63, 3.8) is 0 Å². The summed E-state index contributed by atoms with van der Waals surface area (Å²) in [5, 5.41) is 8.89. The highest BCUT2D eigenvalue weighted by Crippen LogP contribution is 2.39. The lowest BCUT2D eigenvalue weighted by Gasteiger charge is -2.14. The van der Waals surface area contributed by atoms with E-state index in [1.807, 2.05) is 0 Å². The fraction of sp³-hybridized carbons (Fsp3) is 0.0625. The maximum absolute atomic E-state index is 14.5. The van der Waals surface area contributed by atoms with Gasteiger partial charge in [-0.2, -0.15) is 9.65 Å². The first-order chi connectivity index (χ1) is 11.7. The first-order valence-electron chi connectivity index (χ1n) is 6.83. The van der Waals surface area contributed by atoms with Gasteiger partial charge in [0.1, 0.15) is 22.5 Å². The summed E-state index contributed by atoms with van der Waals surface area (Å²) in [5.74, 6) is -4.39. The lowest BCUT2D eigenvalue weighted by Crippen LogP contribution is -2.04. The summed E-state index contributed by atoms with van der Waals surface area (Å²) in [4.78, 5) is 2.16. The van der Waals surface area contributed by atoms with Gasteiger partial charge in [0.25, 0.3) is 0 Å². The molecule has 2 N–H and O–H groups in total. The number of fused-ring (bicyclic) bond motifs is 1. The van der Waals surface area contributed by atoms with E-state index in [0.29, 0.717) is 0 Å². The van der Waals surface area contributed by atoms with Gasteiger partial charge in [-0.05, 0) is 18.2 Å². The Hall–Kier alpha value is -2.99. The van der Waals surface area contributed by atoms with E-state index in [2.05, 4.69) is 4.98 Å². The monoisotopic (exact) mass is 365 g/mol. The molecule has 25 heavy (non-hydrogen) atoms. The number of hydrogen-bond donors (Lipinski definition) is 2. The highest BCUT2D eigenvalue weighted by atomic mass is 32.2. The molecule has 0 aliphatic rings. The maximum atomic E-state index is 14.5. The number of nitrogens with one attached hydrogen (secondary N) is 2. The van der Waals surface area contributed by atoms with Crippen LogP contribution in [0.15, 0.2) is 35.4 Å². The number of nitrogens with zero attached hydrogens (tertiary/aromatic N) is 1. The van der Waals surface area contributed by atoms with Crippen LogP contribution in [0.4, 0.5) is 13.2 Å². The Bertz CT molecular complexity index is 1150.